The second-order valence-corrected chi connectivity index (χ2v) is 7.88. The fraction of sp³-hybridized carbons (Fsp3) is 0.591. The van der Waals surface area contributed by atoms with Crippen LogP contribution in [0.4, 0.5) is 10.1 Å². The summed E-state index contributed by atoms with van der Waals surface area (Å²) in [5, 5.41) is 8.63. The smallest absolute Gasteiger partial charge is 0.306 e. The van der Waals surface area contributed by atoms with E-state index < -0.39 is 17.7 Å². The molecule has 2 saturated heterocycles. The molecule has 0 bridgehead atoms. The Morgan fingerprint density at radius 1 is 1.28 bits per heavy atom. The molecule has 1 N–H and O–H groups in total. The Hall–Kier alpha value is -1.18. The monoisotopic (exact) mass is 676 g/mol. The minimum Gasteiger partial charge on any atom is -0.545 e. The van der Waals surface area contributed by atoms with Gasteiger partial charge in [0, 0.05) is 64.2 Å². The van der Waals surface area contributed by atoms with Crippen molar-refractivity contribution in [2.75, 3.05) is 31.7 Å². The molecule has 0 aliphatic carbocycles. The summed E-state index contributed by atoms with van der Waals surface area (Å²) >= 11 is 0. The Balaban J connectivity index is 0.00000363. The van der Waals surface area contributed by atoms with Crippen LogP contribution >= 0.6 is 0 Å². The number of para-hydroxylation sites is 1. The minimum atomic E-state index is -1.05. The zero-order valence-corrected chi connectivity index (χ0v) is 22.5. The molecule has 8 nitrogen and oxygen atoms in total. The molecule has 1 aromatic carbocycles. The van der Waals surface area contributed by atoms with Crippen LogP contribution in [0.1, 0.15) is 32.6 Å². The fourth-order valence-corrected chi connectivity index (χ4v) is 3.83. The van der Waals surface area contributed by atoms with Crippen molar-refractivity contribution < 1.29 is 69.1 Å². The summed E-state index contributed by atoms with van der Waals surface area (Å²) in [5.74, 6) is -2.77. The van der Waals surface area contributed by atoms with Gasteiger partial charge in [-0.1, -0.05) is 19.1 Å². The van der Waals surface area contributed by atoms with Crippen molar-refractivity contribution in [2.24, 2.45) is 5.92 Å². The maximum absolute atomic E-state index is 14.1. The second-order valence-electron chi connectivity index (χ2n) is 7.88. The molecule has 3 atom stereocenters. The van der Waals surface area contributed by atoms with Crippen molar-refractivity contribution in [2.45, 2.75) is 50.6 Å². The summed E-state index contributed by atoms with van der Waals surface area (Å²) in [6.07, 6.45) is -0.0643. The van der Waals surface area contributed by atoms with Crippen molar-refractivity contribution in [3.8, 4) is 0 Å². The van der Waals surface area contributed by atoms with Gasteiger partial charge in [0.15, 0.2) is 5.79 Å². The number of nitrogens with zero attached hydrogens (tertiary/aromatic N) is 1. The molecule has 0 amide bonds. The van der Waals surface area contributed by atoms with Crippen molar-refractivity contribution in [3.63, 3.8) is 0 Å². The zero-order valence-electron chi connectivity index (χ0n) is 18.3. The molecule has 176 valence electrons. The molecule has 0 saturated carbocycles. The molecule has 0 aromatic heterocycles. The number of hydrogen-bond donors (Lipinski definition) is 1. The van der Waals surface area contributed by atoms with Gasteiger partial charge >= 0.3 is 11.9 Å². The number of carboxylic acid groups (broad SMARTS) is 1. The summed E-state index contributed by atoms with van der Waals surface area (Å²) in [5.41, 5.74) is 0.570. The molecule has 10 heteroatoms. The third-order valence-electron chi connectivity index (χ3n) is 5.88. The Kier molecular flexibility index (Phi) is 10.4. The molecule has 0 radical (unpaired) electrons. The van der Waals surface area contributed by atoms with Gasteiger partial charge in [-0.3, -0.25) is 9.59 Å². The molecular weight excluding hydrogens is 647 g/mol. The Morgan fingerprint density at radius 2 is 1.97 bits per heavy atom. The predicted molar refractivity (Wildman–Crippen MR) is 109 cm³/mol. The zero-order chi connectivity index (χ0) is 22.4. The Bertz CT molecular complexity index is 772. The largest absolute Gasteiger partial charge is 0.545 e. The van der Waals surface area contributed by atoms with Gasteiger partial charge in [0.2, 0.25) is 0 Å². The number of carbonyl (C=O) groups excluding carboxylic acids is 1. The third kappa shape index (κ3) is 6.91. The summed E-state index contributed by atoms with van der Waals surface area (Å²) in [6, 6.07) is 6.70. The first kappa shape index (κ1) is 27.1. The Morgan fingerprint density at radius 3 is 2.59 bits per heavy atom. The Labute approximate surface area is 211 Å². The number of halogens is 1. The van der Waals surface area contributed by atoms with Gasteiger partial charge in [-0.2, -0.15) is 6.61 Å². The molecule has 2 fully saturated rings. The van der Waals surface area contributed by atoms with Crippen LogP contribution in [0, 0.1) is 49.5 Å². The van der Waals surface area contributed by atoms with Crippen LogP contribution in [-0.2, 0) is 28.5 Å². The molecule has 2 aliphatic heterocycles. The maximum atomic E-state index is 14.1. The van der Waals surface area contributed by atoms with Gasteiger partial charge in [-0.15, -0.1) is 0 Å². The summed E-state index contributed by atoms with van der Waals surface area (Å²) in [4.78, 5) is 24.2. The fourth-order valence-electron chi connectivity index (χ4n) is 3.83. The average Bonchev–Trinajstić information content (AvgIpc) is 3.11. The molecule has 3 unspecified atom stereocenters. The topological polar surface area (TPSA) is 94.5 Å². The van der Waals surface area contributed by atoms with Crippen molar-refractivity contribution in [3.05, 3.63) is 36.7 Å². The van der Waals surface area contributed by atoms with Crippen molar-refractivity contribution in [1.82, 2.24) is 0 Å². The number of aliphatic carboxylic acids is 1. The second kappa shape index (κ2) is 12.3. The summed E-state index contributed by atoms with van der Waals surface area (Å²) in [7, 11) is 1.60. The summed E-state index contributed by atoms with van der Waals surface area (Å²) in [6.45, 7) is 4.71. The first-order valence-electron chi connectivity index (χ1n) is 10.4. The molecule has 2 aliphatic rings. The van der Waals surface area contributed by atoms with E-state index in [9.17, 15) is 14.0 Å². The summed E-state index contributed by atoms with van der Waals surface area (Å²) < 4.78 is 36.9. The van der Waals surface area contributed by atoms with Crippen LogP contribution in [-0.4, -0.2) is 61.8 Å². The number of esters is 1. The number of anilines is 1. The normalized spacial score (nSPS) is 24.6. The number of rotatable bonds is 9. The van der Waals surface area contributed by atoms with Gasteiger partial charge in [-0.25, -0.2) is 4.39 Å². The van der Waals surface area contributed by atoms with E-state index in [4.69, 9.17) is 24.1 Å². The number of carboxylic acids is 1. The van der Waals surface area contributed by atoms with E-state index in [-0.39, 0.29) is 74.5 Å². The SMILES string of the molecule is COC1(OC2[CH-]OC(COC(=O)CCC(=O)O)C2C)CCN(c2ccccc2F)CC1.[U]. The first-order valence-corrected chi connectivity index (χ1v) is 10.4. The van der Waals surface area contributed by atoms with Gasteiger partial charge in [0.05, 0.1) is 24.6 Å². The van der Waals surface area contributed by atoms with E-state index >= 15 is 0 Å². The van der Waals surface area contributed by atoms with E-state index in [1.807, 2.05) is 17.9 Å². The predicted octanol–water partition coefficient (Wildman–Crippen LogP) is 2.76. The van der Waals surface area contributed by atoms with Gasteiger partial charge in [0.1, 0.15) is 12.4 Å². The molecule has 0 spiro atoms. The van der Waals surface area contributed by atoms with Crippen LogP contribution < -0.4 is 4.90 Å². The van der Waals surface area contributed by atoms with Crippen LogP contribution in [0.3, 0.4) is 0 Å². The number of hydrogen-bond acceptors (Lipinski definition) is 7. The minimum absolute atomic E-state index is 0. The van der Waals surface area contributed by atoms with Gasteiger partial charge in [-0.05, 0) is 24.2 Å². The maximum Gasteiger partial charge on any atom is 0.306 e. The quantitative estimate of drug-likeness (QED) is 0.243. The number of ether oxygens (including phenoxy) is 4. The number of benzene rings is 1. The standard InChI is InChI=1S/C22H29FNO7.U/c1-15-18(13-30-21(27)8-7-20(25)26)29-14-19(15)31-22(28-2)9-11-24(12-10-22)17-6-4-3-5-16(17)23;/h3-6,14-15,18-19H,7-13H2,1-2H3,(H,25,26);/q-1;. The van der Waals surface area contributed by atoms with Gasteiger partial charge in [0.25, 0.3) is 0 Å². The first-order chi connectivity index (χ1) is 14.8. The number of carbonyl (C=O) groups is 2. The third-order valence-corrected chi connectivity index (χ3v) is 5.88. The molecule has 32 heavy (non-hydrogen) atoms. The van der Waals surface area contributed by atoms with Gasteiger partial charge < -0.3 is 29.0 Å². The molecule has 3 rings (SSSR count). The van der Waals surface area contributed by atoms with Crippen LogP contribution in [0.2, 0.25) is 0 Å². The van der Waals surface area contributed by atoms with E-state index in [0.717, 1.165) is 0 Å². The average molecular weight is 677 g/mol. The van der Waals surface area contributed by atoms with E-state index in [1.165, 1.54) is 6.07 Å². The number of methoxy groups -OCH3 is 1. The van der Waals surface area contributed by atoms with Crippen LogP contribution in [0.5, 0.6) is 0 Å². The molecule has 1 aromatic rings. The van der Waals surface area contributed by atoms with Crippen molar-refractivity contribution in [1.29, 1.82) is 0 Å². The van der Waals surface area contributed by atoms with Crippen LogP contribution in [0.15, 0.2) is 24.3 Å². The number of piperidine rings is 1. The van der Waals surface area contributed by atoms with E-state index in [1.54, 1.807) is 25.8 Å². The van der Waals surface area contributed by atoms with E-state index in [2.05, 4.69) is 0 Å². The van der Waals surface area contributed by atoms with Crippen LogP contribution in [0.25, 0.3) is 0 Å². The van der Waals surface area contributed by atoms with E-state index in [0.29, 0.717) is 31.6 Å². The molecule has 2 heterocycles. The van der Waals surface area contributed by atoms with Crippen molar-refractivity contribution >= 4 is 17.6 Å². The molecular formula is C22H29FNO7U-.